The molecule has 4 N–H and O–H groups in total. The second-order valence-corrected chi connectivity index (χ2v) is 6.53. The van der Waals surface area contributed by atoms with Gasteiger partial charge in [0.15, 0.2) is 0 Å². The van der Waals surface area contributed by atoms with Gasteiger partial charge in [0.05, 0.1) is 23.1 Å². The molecule has 6 heteroatoms. The van der Waals surface area contributed by atoms with Crippen molar-refractivity contribution in [1.29, 1.82) is 0 Å². The van der Waals surface area contributed by atoms with E-state index < -0.39 is 11.6 Å². The quantitative estimate of drug-likeness (QED) is 0.691. The second kappa shape index (κ2) is 5.18. The molecule has 0 aliphatic rings. The maximum Gasteiger partial charge on any atom is 0.143 e. The van der Waals surface area contributed by atoms with Crippen molar-refractivity contribution in [3.63, 3.8) is 0 Å². The van der Waals surface area contributed by atoms with Crippen LogP contribution in [0.15, 0.2) is 22.7 Å². The number of aryl methyl sites for hydroxylation is 2. The van der Waals surface area contributed by atoms with E-state index in [1.807, 2.05) is 6.92 Å². The lowest BCUT2D eigenvalue weighted by Gasteiger charge is -2.26. The minimum Gasteiger partial charge on any atom is -0.386 e. The number of H-pyrrole nitrogens is 1. The molecule has 1 aromatic carbocycles. The number of rotatable bonds is 3. The number of nitrogens with zero attached hydrogens (tertiary/aromatic N) is 1. The third-order valence-electron chi connectivity index (χ3n) is 4.06. The van der Waals surface area contributed by atoms with Gasteiger partial charge in [0, 0.05) is 22.0 Å². The lowest BCUT2D eigenvalue weighted by Crippen LogP contribution is -2.39. The summed E-state index contributed by atoms with van der Waals surface area (Å²) < 4.78 is 19.0. The maximum absolute atomic E-state index is 13.7. The molecule has 5 nitrogen and oxygen atoms in total. The molecule has 3 aromatic rings. The molecule has 122 valence electrons. The van der Waals surface area contributed by atoms with E-state index in [2.05, 4.69) is 10.1 Å². The molecule has 23 heavy (non-hydrogen) atoms. The first-order valence-electron chi connectivity index (χ1n) is 7.41. The van der Waals surface area contributed by atoms with E-state index in [4.69, 9.17) is 10.3 Å². The Labute approximate surface area is 133 Å². The highest BCUT2D eigenvalue weighted by Crippen LogP contribution is 2.40. The van der Waals surface area contributed by atoms with Crippen LogP contribution in [-0.4, -0.2) is 20.8 Å². The minimum atomic E-state index is -0.984. The van der Waals surface area contributed by atoms with Gasteiger partial charge >= 0.3 is 0 Å². The Hall–Kier alpha value is -2.18. The van der Waals surface area contributed by atoms with E-state index in [0.717, 1.165) is 11.1 Å². The van der Waals surface area contributed by atoms with E-state index in [-0.39, 0.29) is 5.82 Å². The van der Waals surface area contributed by atoms with Gasteiger partial charge in [-0.25, -0.2) is 4.39 Å². The van der Waals surface area contributed by atoms with E-state index in [9.17, 15) is 9.50 Å². The average Bonchev–Trinajstić information content (AvgIpc) is 2.96. The zero-order valence-electron chi connectivity index (χ0n) is 13.6. The van der Waals surface area contributed by atoms with Crippen LogP contribution in [0.1, 0.15) is 37.0 Å². The minimum absolute atomic E-state index is 0.370. The second-order valence-electron chi connectivity index (χ2n) is 6.53. The summed E-state index contributed by atoms with van der Waals surface area (Å²) in [6, 6.07) is 4.42. The summed E-state index contributed by atoms with van der Waals surface area (Å²) in [5.41, 5.74) is 8.60. The van der Waals surface area contributed by atoms with Gasteiger partial charge in [-0.1, -0.05) is 5.16 Å². The number of aromatic amines is 1. The highest BCUT2D eigenvalue weighted by Gasteiger charge is 2.31. The van der Waals surface area contributed by atoms with E-state index in [1.54, 1.807) is 26.8 Å². The molecule has 0 saturated carbocycles. The molecule has 0 fully saturated rings. The molecule has 0 amide bonds. The standard InChI is InChI=1S/C17H20FN3O2/c1-8-13(9(2)23-21-8)15-14(16(22)17(3,4)19)11-7-10(18)5-6-12(11)20-15/h5-7,16,20,22H,19H2,1-4H3. The maximum atomic E-state index is 13.7. The predicted molar refractivity (Wildman–Crippen MR) is 86.5 cm³/mol. The summed E-state index contributed by atoms with van der Waals surface area (Å²) in [5.74, 6) is 0.253. The normalized spacial score (nSPS) is 13.7. The van der Waals surface area contributed by atoms with Gasteiger partial charge in [0.2, 0.25) is 0 Å². The Balaban J connectivity index is 2.38. The van der Waals surface area contributed by atoms with Crippen molar-refractivity contribution in [1.82, 2.24) is 10.1 Å². The van der Waals surface area contributed by atoms with Gasteiger partial charge in [-0.05, 0) is 45.9 Å². The van der Waals surface area contributed by atoms with Crippen LogP contribution in [-0.2, 0) is 0 Å². The Morgan fingerprint density at radius 2 is 2.04 bits per heavy atom. The number of hydrogen-bond donors (Lipinski definition) is 3. The zero-order valence-corrected chi connectivity index (χ0v) is 13.6. The number of nitrogens with one attached hydrogen (secondary N) is 1. The van der Waals surface area contributed by atoms with Crippen molar-refractivity contribution < 1.29 is 14.0 Å². The van der Waals surface area contributed by atoms with Crippen molar-refractivity contribution in [3.05, 3.63) is 41.0 Å². The van der Waals surface area contributed by atoms with Crippen LogP contribution in [0.4, 0.5) is 4.39 Å². The molecule has 3 rings (SSSR count). The van der Waals surface area contributed by atoms with Crippen LogP contribution >= 0.6 is 0 Å². The molecule has 1 atom stereocenters. The topological polar surface area (TPSA) is 88.1 Å². The average molecular weight is 317 g/mol. The molecule has 1 unspecified atom stereocenters. The number of benzene rings is 1. The Bertz CT molecular complexity index is 854. The number of hydrogen-bond acceptors (Lipinski definition) is 4. The first-order chi connectivity index (χ1) is 10.7. The van der Waals surface area contributed by atoms with Crippen LogP contribution in [0.3, 0.4) is 0 Å². The zero-order chi connectivity index (χ0) is 16.9. The lowest BCUT2D eigenvalue weighted by molar-refractivity contribution is 0.106. The van der Waals surface area contributed by atoms with Crippen LogP contribution in [0, 0.1) is 19.7 Å². The fourth-order valence-corrected chi connectivity index (χ4v) is 2.88. The number of aliphatic hydroxyl groups excluding tert-OH is 1. The van der Waals surface area contributed by atoms with E-state index in [0.29, 0.717) is 28.1 Å². The van der Waals surface area contributed by atoms with Crippen LogP contribution in [0.5, 0.6) is 0 Å². The Morgan fingerprint density at radius 3 is 2.61 bits per heavy atom. The third kappa shape index (κ3) is 2.54. The fourth-order valence-electron chi connectivity index (χ4n) is 2.88. The first-order valence-corrected chi connectivity index (χ1v) is 7.41. The van der Waals surface area contributed by atoms with Crippen LogP contribution < -0.4 is 5.73 Å². The predicted octanol–water partition coefficient (Wildman–Crippen LogP) is 3.35. The first kappa shape index (κ1) is 15.7. The number of nitrogens with two attached hydrogens (primary N) is 1. The van der Waals surface area contributed by atoms with Gasteiger partial charge in [0.1, 0.15) is 11.6 Å². The molecule has 2 aromatic heterocycles. The van der Waals surface area contributed by atoms with Crippen molar-refractivity contribution in [2.24, 2.45) is 5.73 Å². The molecular formula is C17H20FN3O2. The molecule has 0 bridgehead atoms. The summed E-state index contributed by atoms with van der Waals surface area (Å²) in [6.07, 6.45) is -0.984. The monoisotopic (exact) mass is 317 g/mol. The Kier molecular flexibility index (Phi) is 3.54. The number of aromatic nitrogens is 2. The molecular weight excluding hydrogens is 297 g/mol. The molecule has 0 saturated heterocycles. The smallest absolute Gasteiger partial charge is 0.143 e. The van der Waals surface area contributed by atoms with E-state index in [1.165, 1.54) is 12.1 Å². The van der Waals surface area contributed by atoms with E-state index >= 15 is 0 Å². The van der Waals surface area contributed by atoms with Gasteiger partial charge < -0.3 is 20.3 Å². The molecule has 2 heterocycles. The SMILES string of the molecule is Cc1noc(C)c1-c1[nH]c2ccc(F)cc2c1C(O)C(C)(C)N. The van der Waals surface area contributed by atoms with Crippen LogP contribution in [0.2, 0.25) is 0 Å². The summed E-state index contributed by atoms with van der Waals surface area (Å²) in [7, 11) is 0. The van der Waals surface area contributed by atoms with Crippen molar-refractivity contribution in [2.75, 3.05) is 0 Å². The van der Waals surface area contributed by atoms with Gasteiger partial charge in [-0.3, -0.25) is 0 Å². The number of halogens is 1. The van der Waals surface area contributed by atoms with Crippen LogP contribution in [0.25, 0.3) is 22.2 Å². The summed E-state index contributed by atoms with van der Waals surface area (Å²) >= 11 is 0. The molecule has 0 aliphatic heterocycles. The number of aliphatic hydroxyl groups is 1. The molecule has 0 aliphatic carbocycles. The van der Waals surface area contributed by atoms with Gasteiger partial charge in [0.25, 0.3) is 0 Å². The summed E-state index contributed by atoms with van der Waals surface area (Å²) in [4.78, 5) is 3.25. The van der Waals surface area contributed by atoms with Gasteiger partial charge in [-0.2, -0.15) is 0 Å². The lowest BCUT2D eigenvalue weighted by atomic mass is 9.89. The number of fused-ring (bicyclic) bond motifs is 1. The van der Waals surface area contributed by atoms with Crippen molar-refractivity contribution in [3.8, 4) is 11.3 Å². The molecule has 0 spiro atoms. The van der Waals surface area contributed by atoms with Crippen molar-refractivity contribution >= 4 is 10.9 Å². The highest BCUT2D eigenvalue weighted by molar-refractivity contribution is 5.92. The Morgan fingerprint density at radius 1 is 1.35 bits per heavy atom. The summed E-state index contributed by atoms with van der Waals surface area (Å²) in [6.45, 7) is 7.08. The van der Waals surface area contributed by atoms with Crippen molar-refractivity contribution in [2.45, 2.75) is 39.3 Å². The van der Waals surface area contributed by atoms with Gasteiger partial charge in [-0.15, -0.1) is 0 Å². The molecule has 0 radical (unpaired) electrons. The largest absolute Gasteiger partial charge is 0.386 e. The third-order valence-corrected chi connectivity index (χ3v) is 4.06. The fraction of sp³-hybridized carbons (Fsp3) is 0.353. The highest BCUT2D eigenvalue weighted by atomic mass is 19.1. The summed E-state index contributed by atoms with van der Waals surface area (Å²) in [5, 5.41) is 15.3.